The number of carbonyl (C=O) groups is 1. The molecule has 10 heteroatoms. The van der Waals surface area contributed by atoms with Gasteiger partial charge in [-0.2, -0.15) is 0 Å². The zero-order valence-corrected chi connectivity index (χ0v) is 20.2. The summed E-state index contributed by atoms with van der Waals surface area (Å²) in [7, 11) is 0. The van der Waals surface area contributed by atoms with Crippen molar-refractivity contribution in [1.29, 1.82) is 0 Å². The van der Waals surface area contributed by atoms with Gasteiger partial charge < -0.3 is 5.32 Å². The van der Waals surface area contributed by atoms with Crippen molar-refractivity contribution in [3.63, 3.8) is 0 Å². The lowest BCUT2D eigenvalue weighted by Gasteiger charge is -2.29. The van der Waals surface area contributed by atoms with E-state index >= 15 is 0 Å². The van der Waals surface area contributed by atoms with Crippen LogP contribution in [-0.4, -0.2) is 45.0 Å². The third kappa shape index (κ3) is 4.50. The molecule has 1 aliphatic carbocycles. The van der Waals surface area contributed by atoms with Crippen molar-refractivity contribution in [1.82, 2.24) is 24.8 Å². The van der Waals surface area contributed by atoms with E-state index in [0.29, 0.717) is 22.8 Å². The number of hydrogen-bond acceptors (Lipinski definition) is 5. The summed E-state index contributed by atoms with van der Waals surface area (Å²) in [5.74, 6) is -0.680. The number of amides is 1. The van der Waals surface area contributed by atoms with Gasteiger partial charge in [-0.3, -0.25) is 24.0 Å². The number of H-pyrrole nitrogens is 1. The summed E-state index contributed by atoms with van der Waals surface area (Å²) in [4.78, 5) is 47.6. The quantitative estimate of drug-likeness (QED) is 0.519. The molecule has 3 aromatic rings. The van der Waals surface area contributed by atoms with Crippen molar-refractivity contribution < 1.29 is 9.18 Å². The molecule has 5 rings (SSSR count). The molecular weight excluding hydrogens is 473 g/mol. The molecule has 184 valence electrons. The van der Waals surface area contributed by atoms with Gasteiger partial charge in [-0.25, -0.2) is 14.2 Å². The van der Waals surface area contributed by atoms with Gasteiger partial charge in [-0.1, -0.05) is 17.7 Å². The Balaban J connectivity index is 1.53. The Morgan fingerprint density at radius 3 is 2.69 bits per heavy atom. The van der Waals surface area contributed by atoms with E-state index in [1.807, 2.05) is 0 Å². The summed E-state index contributed by atoms with van der Waals surface area (Å²) < 4.78 is 16.2. The van der Waals surface area contributed by atoms with Crippen molar-refractivity contribution in [2.75, 3.05) is 19.6 Å². The monoisotopic (exact) mass is 499 g/mol. The van der Waals surface area contributed by atoms with E-state index in [-0.39, 0.29) is 29.1 Å². The maximum Gasteiger partial charge on any atom is 0.329 e. The number of nitrogens with one attached hydrogen (secondary N) is 2. The Morgan fingerprint density at radius 2 is 2.03 bits per heavy atom. The smallest absolute Gasteiger partial charge is 0.329 e. The second-order valence-corrected chi connectivity index (χ2v) is 9.58. The van der Waals surface area contributed by atoms with Gasteiger partial charge in [0, 0.05) is 35.3 Å². The number of aromatic amines is 1. The average molecular weight is 500 g/mol. The molecule has 8 nitrogen and oxygen atoms in total. The highest BCUT2D eigenvalue weighted by Crippen LogP contribution is 2.40. The zero-order valence-electron chi connectivity index (χ0n) is 19.4. The minimum Gasteiger partial charge on any atom is -0.350 e. The minimum absolute atomic E-state index is 0.0787. The molecule has 1 unspecified atom stereocenters. The second kappa shape index (κ2) is 9.54. The molecular formula is C25H27ClFN5O3. The number of nitrogens with zero attached hydrogens (tertiary/aromatic N) is 3. The van der Waals surface area contributed by atoms with Crippen molar-refractivity contribution in [3.05, 3.63) is 72.8 Å². The van der Waals surface area contributed by atoms with E-state index in [1.54, 1.807) is 25.1 Å². The van der Waals surface area contributed by atoms with Gasteiger partial charge in [0.25, 0.3) is 11.5 Å². The number of aromatic nitrogens is 3. The molecule has 0 radical (unpaired) electrons. The van der Waals surface area contributed by atoms with Crippen molar-refractivity contribution in [3.8, 4) is 0 Å². The molecule has 1 atom stereocenters. The van der Waals surface area contributed by atoms with E-state index in [2.05, 4.69) is 20.2 Å². The summed E-state index contributed by atoms with van der Waals surface area (Å²) in [5, 5.41) is 3.30. The van der Waals surface area contributed by atoms with Crippen LogP contribution < -0.4 is 16.6 Å². The van der Waals surface area contributed by atoms with Crippen LogP contribution in [0.25, 0.3) is 11.0 Å². The van der Waals surface area contributed by atoms with Gasteiger partial charge in [0.15, 0.2) is 5.65 Å². The van der Waals surface area contributed by atoms with Gasteiger partial charge in [0.05, 0.1) is 17.0 Å². The van der Waals surface area contributed by atoms with Gasteiger partial charge >= 0.3 is 5.69 Å². The molecule has 2 fully saturated rings. The summed E-state index contributed by atoms with van der Waals surface area (Å²) in [6.45, 7) is 3.75. The van der Waals surface area contributed by atoms with Gasteiger partial charge in [-0.05, 0) is 63.9 Å². The molecule has 2 aliphatic rings. The standard InChI is InChI=1S/C25H27ClFN5O3/c1-2-32-22-20(24(34)30-25(32)35)15(12-18(29-22)14-8-9-14)23(33)28-13-19(31-10-3-4-11-31)21-16(26)6-5-7-17(21)27/h5-7,12,14,19H,2-4,8-11,13H2,1H3,(H,28,33)(H,30,34,35). The van der Waals surface area contributed by atoms with Crippen LogP contribution in [0.5, 0.6) is 0 Å². The van der Waals surface area contributed by atoms with Crippen molar-refractivity contribution >= 4 is 28.5 Å². The SMILES string of the molecule is CCn1c(=O)[nH]c(=O)c2c(C(=O)NCC(c3c(F)cccc3Cl)N3CCCC3)cc(C3CC3)nc21. The van der Waals surface area contributed by atoms with Crippen LogP contribution in [0.15, 0.2) is 33.9 Å². The summed E-state index contributed by atoms with van der Waals surface area (Å²) >= 11 is 6.38. The molecule has 1 saturated carbocycles. The number of carbonyl (C=O) groups excluding carboxylic acids is 1. The van der Waals surface area contributed by atoms with E-state index in [9.17, 15) is 18.8 Å². The van der Waals surface area contributed by atoms with E-state index < -0.39 is 29.0 Å². The normalized spacial score (nSPS) is 17.1. The van der Waals surface area contributed by atoms with E-state index in [1.165, 1.54) is 10.6 Å². The first-order chi connectivity index (χ1) is 16.9. The Kier molecular flexibility index (Phi) is 6.46. The van der Waals surface area contributed by atoms with Crippen LogP contribution in [0.3, 0.4) is 0 Å². The first-order valence-electron chi connectivity index (χ1n) is 12.0. The topological polar surface area (TPSA) is 100 Å². The Hall–Kier alpha value is -3.04. The Labute approximate surface area is 206 Å². The minimum atomic E-state index is -0.650. The maximum absolute atomic E-state index is 14.8. The molecule has 0 spiro atoms. The first-order valence-corrected chi connectivity index (χ1v) is 12.4. The van der Waals surface area contributed by atoms with Crippen LogP contribution in [0.2, 0.25) is 5.02 Å². The number of hydrogen-bond donors (Lipinski definition) is 2. The molecule has 1 aliphatic heterocycles. The van der Waals surface area contributed by atoms with Crippen LogP contribution >= 0.6 is 11.6 Å². The van der Waals surface area contributed by atoms with Crippen LogP contribution in [-0.2, 0) is 6.54 Å². The third-order valence-corrected chi connectivity index (χ3v) is 7.22. The predicted molar refractivity (Wildman–Crippen MR) is 132 cm³/mol. The molecule has 3 heterocycles. The van der Waals surface area contributed by atoms with Gasteiger partial charge in [0.2, 0.25) is 0 Å². The third-order valence-electron chi connectivity index (χ3n) is 6.90. The average Bonchev–Trinajstić information content (AvgIpc) is 3.54. The lowest BCUT2D eigenvalue weighted by molar-refractivity contribution is 0.0938. The zero-order chi connectivity index (χ0) is 24.7. The summed E-state index contributed by atoms with van der Waals surface area (Å²) in [6.07, 6.45) is 3.87. The van der Waals surface area contributed by atoms with E-state index in [0.717, 1.165) is 38.8 Å². The predicted octanol–water partition coefficient (Wildman–Crippen LogP) is 3.34. The summed E-state index contributed by atoms with van der Waals surface area (Å²) in [6, 6.07) is 5.78. The van der Waals surface area contributed by atoms with Crippen LogP contribution in [0.4, 0.5) is 4.39 Å². The lowest BCUT2D eigenvalue weighted by atomic mass is 10.0. The van der Waals surface area contributed by atoms with Crippen LogP contribution in [0.1, 0.15) is 66.2 Å². The highest BCUT2D eigenvalue weighted by atomic mass is 35.5. The fourth-order valence-electron chi connectivity index (χ4n) is 4.93. The highest BCUT2D eigenvalue weighted by Gasteiger charge is 2.31. The second-order valence-electron chi connectivity index (χ2n) is 9.18. The highest BCUT2D eigenvalue weighted by molar-refractivity contribution is 6.31. The fraction of sp³-hybridized carbons (Fsp3) is 0.440. The first kappa shape index (κ1) is 23.7. The number of benzene rings is 1. The molecule has 1 amide bonds. The molecule has 35 heavy (non-hydrogen) atoms. The largest absolute Gasteiger partial charge is 0.350 e. The number of halogens is 2. The Morgan fingerprint density at radius 1 is 1.29 bits per heavy atom. The molecule has 2 aromatic heterocycles. The van der Waals surface area contributed by atoms with Gasteiger partial charge in [0.1, 0.15) is 5.82 Å². The molecule has 2 N–H and O–H groups in total. The Bertz CT molecular complexity index is 1390. The number of rotatable bonds is 7. The molecule has 1 aromatic carbocycles. The van der Waals surface area contributed by atoms with Gasteiger partial charge in [-0.15, -0.1) is 0 Å². The summed E-state index contributed by atoms with van der Waals surface area (Å²) in [5.41, 5.74) is 0.225. The number of pyridine rings is 1. The number of aryl methyl sites for hydroxylation is 1. The van der Waals surface area contributed by atoms with Crippen molar-refractivity contribution in [2.24, 2.45) is 0 Å². The number of fused-ring (bicyclic) bond motifs is 1. The number of likely N-dealkylation sites (tertiary alicyclic amines) is 1. The molecule has 1 saturated heterocycles. The van der Waals surface area contributed by atoms with E-state index in [4.69, 9.17) is 11.6 Å². The fourth-order valence-corrected chi connectivity index (χ4v) is 5.22. The molecule has 0 bridgehead atoms. The van der Waals surface area contributed by atoms with Crippen molar-refractivity contribution in [2.45, 2.75) is 51.1 Å². The lowest BCUT2D eigenvalue weighted by Crippen LogP contribution is -2.38. The maximum atomic E-state index is 14.8. The van der Waals surface area contributed by atoms with Crippen LogP contribution in [0, 0.1) is 5.82 Å².